The van der Waals surface area contributed by atoms with Gasteiger partial charge in [0, 0.05) is 38.0 Å². The fraction of sp³-hybridized carbons (Fsp3) is 0.700. The molecule has 25 heavy (non-hydrogen) atoms. The molecule has 2 saturated heterocycles. The first-order valence-corrected chi connectivity index (χ1v) is 9.53. The van der Waals surface area contributed by atoms with Crippen LogP contribution in [0.3, 0.4) is 0 Å². The standard InChI is InChI=1S/C20H30N2O3/c1-16(2)19(23)22-11-7-20(8-12-22)15-17(6-14-25-20)5-13-24-18-3-9-21-10-4-18/h3-4,9-10,16-17H,5-8,11-15H2,1-2H3. The molecule has 3 heterocycles. The van der Waals surface area contributed by atoms with Gasteiger partial charge in [-0.1, -0.05) is 13.8 Å². The topological polar surface area (TPSA) is 51.7 Å². The highest BCUT2D eigenvalue weighted by atomic mass is 16.5. The first-order chi connectivity index (χ1) is 12.1. The number of nitrogens with zero attached hydrogens (tertiary/aromatic N) is 2. The molecule has 2 aliphatic heterocycles. The Bertz CT molecular complexity index is 553. The molecule has 0 radical (unpaired) electrons. The number of likely N-dealkylation sites (tertiary alicyclic amines) is 1. The molecule has 0 saturated carbocycles. The van der Waals surface area contributed by atoms with E-state index in [1.807, 2.05) is 30.9 Å². The predicted molar refractivity (Wildman–Crippen MR) is 96.4 cm³/mol. The van der Waals surface area contributed by atoms with E-state index in [1.54, 1.807) is 12.4 Å². The van der Waals surface area contributed by atoms with Gasteiger partial charge in [-0.25, -0.2) is 0 Å². The number of rotatable bonds is 5. The fourth-order valence-corrected chi connectivity index (χ4v) is 4.00. The van der Waals surface area contributed by atoms with Crippen LogP contribution >= 0.6 is 0 Å². The van der Waals surface area contributed by atoms with E-state index >= 15 is 0 Å². The second-order valence-corrected chi connectivity index (χ2v) is 7.69. The van der Waals surface area contributed by atoms with Crippen LogP contribution in [0.2, 0.25) is 0 Å². The minimum Gasteiger partial charge on any atom is -0.493 e. The average Bonchev–Trinajstić information content (AvgIpc) is 2.63. The van der Waals surface area contributed by atoms with E-state index in [-0.39, 0.29) is 17.4 Å². The summed E-state index contributed by atoms with van der Waals surface area (Å²) in [5, 5.41) is 0. The van der Waals surface area contributed by atoms with Crippen LogP contribution < -0.4 is 4.74 Å². The number of hydrogen-bond donors (Lipinski definition) is 0. The largest absolute Gasteiger partial charge is 0.493 e. The Kier molecular flexibility index (Phi) is 5.94. The third-order valence-corrected chi connectivity index (χ3v) is 5.52. The van der Waals surface area contributed by atoms with E-state index in [0.29, 0.717) is 5.92 Å². The van der Waals surface area contributed by atoms with E-state index in [9.17, 15) is 4.79 Å². The summed E-state index contributed by atoms with van der Waals surface area (Å²) in [4.78, 5) is 18.2. The molecule has 1 spiro atoms. The average molecular weight is 346 g/mol. The second-order valence-electron chi connectivity index (χ2n) is 7.69. The third kappa shape index (κ3) is 4.72. The van der Waals surface area contributed by atoms with Crippen LogP contribution in [0, 0.1) is 11.8 Å². The molecule has 0 aliphatic carbocycles. The monoisotopic (exact) mass is 346 g/mol. The second kappa shape index (κ2) is 8.17. The zero-order valence-corrected chi connectivity index (χ0v) is 15.4. The zero-order chi connectivity index (χ0) is 17.7. The van der Waals surface area contributed by atoms with Gasteiger partial charge in [0.15, 0.2) is 0 Å². The van der Waals surface area contributed by atoms with Crippen molar-refractivity contribution in [3.05, 3.63) is 24.5 Å². The summed E-state index contributed by atoms with van der Waals surface area (Å²) in [5.74, 6) is 1.88. The molecule has 1 unspecified atom stereocenters. The Morgan fingerprint density at radius 2 is 2.08 bits per heavy atom. The molecule has 3 rings (SSSR count). The smallest absolute Gasteiger partial charge is 0.225 e. The van der Waals surface area contributed by atoms with Gasteiger partial charge in [-0.3, -0.25) is 9.78 Å². The van der Waals surface area contributed by atoms with Gasteiger partial charge in [-0.05, 0) is 50.2 Å². The van der Waals surface area contributed by atoms with Crippen LogP contribution in [0.5, 0.6) is 5.75 Å². The number of carbonyl (C=O) groups excluding carboxylic acids is 1. The highest BCUT2D eigenvalue weighted by Gasteiger charge is 2.41. The van der Waals surface area contributed by atoms with Gasteiger partial charge in [0.1, 0.15) is 5.75 Å². The van der Waals surface area contributed by atoms with Gasteiger partial charge < -0.3 is 14.4 Å². The normalized spacial score (nSPS) is 23.0. The minimum atomic E-state index is -0.0205. The summed E-state index contributed by atoms with van der Waals surface area (Å²) in [6.07, 6.45) is 8.70. The molecule has 138 valence electrons. The van der Waals surface area contributed by atoms with Crippen LogP contribution in [-0.2, 0) is 9.53 Å². The summed E-state index contributed by atoms with van der Waals surface area (Å²) in [6.45, 7) is 7.18. The third-order valence-electron chi connectivity index (χ3n) is 5.52. The number of amides is 1. The van der Waals surface area contributed by atoms with Crippen molar-refractivity contribution in [1.29, 1.82) is 0 Å². The molecule has 1 atom stereocenters. The van der Waals surface area contributed by atoms with Gasteiger partial charge >= 0.3 is 0 Å². The Balaban J connectivity index is 1.46. The molecule has 2 fully saturated rings. The van der Waals surface area contributed by atoms with Crippen molar-refractivity contribution in [3.63, 3.8) is 0 Å². The van der Waals surface area contributed by atoms with Gasteiger partial charge in [0.2, 0.25) is 5.91 Å². The molecule has 0 aromatic carbocycles. The van der Waals surface area contributed by atoms with Crippen LogP contribution in [-0.4, -0.2) is 47.7 Å². The number of piperidine rings is 1. The van der Waals surface area contributed by atoms with E-state index in [0.717, 1.165) is 64.2 Å². The molecule has 2 aliphatic rings. The van der Waals surface area contributed by atoms with Crippen molar-refractivity contribution in [1.82, 2.24) is 9.88 Å². The first kappa shape index (κ1) is 18.2. The molecule has 5 heteroatoms. The van der Waals surface area contributed by atoms with Crippen molar-refractivity contribution in [2.24, 2.45) is 11.8 Å². The Labute approximate surface area is 150 Å². The van der Waals surface area contributed by atoms with E-state index < -0.39 is 0 Å². The highest BCUT2D eigenvalue weighted by Crippen LogP contribution is 2.39. The van der Waals surface area contributed by atoms with Crippen molar-refractivity contribution in [3.8, 4) is 5.75 Å². The van der Waals surface area contributed by atoms with Gasteiger partial charge in [0.05, 0.1) is 12.2 Å². The van der Waals surface area contributed by atoms with E-state index in [1.165, 1.54) is 0 Å². The molecule has 1 aromatic rings. The maximum absolute atomic E-state index is 12.2. The summed E-state index contributed by atoms with van der Waals surface area (Å²) < 4.78 is 12.0. The lowest BCUT2D eigenvalue weighted by atomic mass is 9.78. The molecule has 1 amide bonds. The van der Waals surface area contributed by atoms with Gasteiger partial charge in [0.25, 0.3) is 0 Å². The molecule has 1 aromatic heterocycles. The van der Waals surface area contributed by atoms with Crippen LogP contribution in [0.25, 0.3) is 0 Å². The summed E-state index contributed by atoms with van der Waals surface area (Å²) in [7, 11) is 0. The van der Waals surface area contributed by atoms with Gasteiger partial charge in [-0.2, -0.15) is 0 Å². The molecule has 0 N–H and O–H groups in total. The predicted octanol–water partition coefficient (Wildman–Crippen LogP) is 3.29. The maximum Gasteiger partial charge on any atom is 0.225 e. The lowest BCUT2D eigenvalue weighted by molar-refractivity contribution is -0.150. The number of carbonyl (C=O) groups is 1. The molecule has 5 nitrogen and oxygen atoms in total. The summed E-state index contributed by atoms with van der Waals surface area (Å²) in [6, 6.07) is 3.79. The van der Waals surface area contributed by atoms with Crippen molar-refractivity contribution >= 4 is 5.91 Å². The molecular weight excluding hydrogens is 316 g/mol. The maximum atomic E-state index is 12.2. The fourth-order valence-electron chi connectivity index (χ4n) is 4.00. The summed E-state index contributed by atoms with van der Waals surface area (Å²) in [5.41, 5.74) is -0.0205. The van der Waals surface area contributed by atoms with E-state index in [4.69, 9.17) is 9.47 Å². The minimum absolute atomic E-state index is 0.0205. The quantitative estimate of drug-likeness (QED) is 0.821. The lowest BCUT2D eigenvalue weighted by Gasteiger charge is -2.46. The number of ether oxygens (including phenoxy) is 2. The number of pyridine rings is 1. The van der Waals surface area contributed by atoms with Crippen molar-refractivity contribution in [2.45, 2.75) is 51.6 Å². The van der Waals surface area contributed by atoms with Crippen LogP contribution in [0.15, 0.2) is 24.5 Å². The number of aromatic nitrogens is 1. The highest BCUT2D eigenvalue weighted by molar-refractivity contribution is 5.78. The van der Waals surface area contributed by atoms with Crippen molar-refractivity contribution < 1.29 is 14.3 Å². The molecular formula is C20H30N2O3. The lowest BCUT2D eigenvalue weighted by Crippen LogP contribution is -2.51. The van der Waals surface area contributed by atoms with Crippen molar-refractivity contribution in [2.75, 3.05) is 26.3 Å². The molecule has 0 bridgehead atoms. The first-order valence-electron chi connectivity index (χ1n) is 9.53. The zero-order valence-electron chi connectivity index (χ0n) is 15.4. The Hall–Kier alpha value is -1.62. The summed E-state index contributed by atoms with van der Waals surface area (Å²) >= 11 is 0. The Morgan fingerprint density at radius 1 is 1.36 bits per heavy atom. The number of hydrogen-bond acceptors (Lipinski definition) is 4. The van der Waals surface area contributed by atoms with Gasteiger partial charge in [-0.15, -0.1) is 0 Å². The Morgan fingerprint density at radius 3 is 2.76 bits per heavy atom. The van der Waals surface area contributed by atoms with Crippen LogP contribution in [0.1, 0.15) is 46.0 Å². The van der Waals surface area contributed by atoms with Crippen LogP contribution in [0.4, 0.5) is 0 Å². The SMILES string of the molecule is CC(C)C(=O)N1CCC2(CC1)CC(CCOc1ccncc1)CCO2. The van der Waals surface area contributed by atoms with E-state index in [2.05, 4.69) is 4.98 Å².